The van der Waals surface area contributed by atoms with Gasteiger partial charge in [0.15, 0.2) is 0 Å². The van der Waals surface area contributed by atoms with E-state index >= 15 is 0 Å². The highest BCUT2D eigenvalue weighted by atomic mass is 16.2. The molecular formula is C22H28N6O. The van der Waals surface area contributed by atoms with Gasteiger partial charge in [-0.05, 0) is 18.4 Å². The molecular weight excluding hydrogens is 364 g/mol. The maximum absolute atomic E-state index is 13.1. The zero-order valence-corrected chi connectivity index (χ0v) is 17.2. The lowest BCUT2D eigenvalue weighted by atomic mass is 9.95. The second-order valence-electron chi connectivity index (χ2n) is 7.54. The number of hydrogen-bond donors (Lipinski definition) is 0. The Bertz CT molecular complexity index is 962. The number of anilines is 1. The Balaban J connectivity index is 1.47. The zero-order chi connectivity index (χ0) is 20.2. The molecule has 0 bridgehead atoms. The number of aromatic nitrogens is 4. The maximum Gasteiger partial charge on any atom is 0.256 e. The average molecular weight is 393 g/mol. The molecule has 1 saturated heterocycles. The Kier molecular flexibility index (Phi) is 5.74. The van der Waals surface area contributed by atoms with E-state index in [9.17, 15) is 4.79 Å². The Hall–Kier alpha value is -2.96. The highest BCUT2D eigenvalue weighted by Gasteiger charge is 2.28. The number of fused-ring (bicyclic) bond motifs is 1. The minimum absolute atomic E-state index is 0.0654. The third-order valence-corrected chi connectivity index (χ3v) is 5.68. The van der Waals surface area contributed by atoms with Crippen LogP contribution in [0.1, 0.15) is 43.9 Å². The monoisotopic (exact) mass is 392 g/mol. The zero-order valence-electron chi connectivity index (χ0n) is 17.2. The molecule has 4 rings (SSSR count). The minimum Gasteiger partial charge on any atom is -0.353 e. The van der Waals surface area contributed by atoms with Crippen molar-refractivity contribution in [2.24, 2.45) is 0 Å². The van der Waals surface area contributed by atoms with Crippen LogP contribution in [0.5, 0.6) is 0 Å². The van der Waals surface area contributed by atoms with Crippen LogP contribution in [-0.4, -0.2) is 56.6 Å². The Labute approximate surface area is 171 Å². The molecule has 0 spiro atoms. The van der Waals surface area contributed by atoms with Crippen molar-refractivity contribution >= 4 is 17.5 Å². The number of piperazine rings is 1. The number of amides is 1. The van der Waals surface area contributed by atoms with Crippen LogP contribution in [0.25, 0.3) is 5.78 Å². The van der Waals surface area contributed by atoms with Crippen molar-refractivity contribution in [2.75, 3.05) is 31.1 Å². The van der Waals surface area contributed by atoms with Gasteiger partial charge in [-0.15, -0.1) is 10.2 Å². The molecule has 1 aliphatic heterocycles. The molecule has 1 fully saturated rings. The smallest absolute Gasteiger partial charge is 0.256 e. The van der Waals surface area contributed by atoms with Crippen molar-refractivity contribution < 1.29 is 4.79 Å². The molecule has 1 atom stereocenters. The van der Waals surface area contributed by atoms with E-state index in [2.05, 4.69) is 52.1 Å². The van der Waals surface area contributed by atoms with Crippen molar-refractivity contribution in [2.45, 2.75) is 39.0 Å². The summed E-state index contributed by atoms with van der Waals surface area (Å²) in [6, 6.07) is 12.2. The number of benzene rings is 1. The predicted molar refractivity (Wildman–Crippen MR) is 113 cm³/mol. The molecule has 0 saturated carbocycles. The van der Waals surface area contributed by atoms with Crippen LogP contribution in [0.2, 0.25) is 0 Å². The van der Waals surface area contributed by atoms with E-state index in [1.54, 1.807) is 6.33 Å². The van der Waals surface area contributed by atoms with Gasteiger partial charge < -0.3 is 9.80 Å². The summed E-state index contributed by atoms with van der Waals surface area (Å²) >= 11 is 0. The first-order valence-corrected chi connectivity index (χ1v) is 10.5. The third kappa shape index (κ3) is 3.95. The van der Waals surface area contributed by atoms with E-state index in [0.717, 1.165) is 43.7 Å². The van der Waals surface area contributed by atoms with Gasteiger partial charge in [-0.3, -0.25) is 9.20 Å². The van der Waals surface area contributed by atoms with Crippen LogP contribution in [0.15, 0.2) is 42.7 Å². The molecule has 0 radical (unpaired) electrons. The van der Waals surface area contributed by atoms with Crippen molar-refractivity contribution in [3.05, 3.63) is 54.0 Å². The first-order chi connectivity index (χ1) is 14.2. The molecule has 1 aliphatic rings. The van der Waals surface area contributed by atoms with Crippen LogP contribution in [-0.2, 0) is 11.2 Å². The molecule has 2 aromatic heterocycles. The molecule has 29 heavy (non-hydrogen) atoms. The van der Waals surface area contributed by atoms with E-state index < -0.39 is 0 Å². The molecule has 3 heterocycles. The maximum atomic E-state index is 13.1. The number of hydrogen-bond acceptors (Lipinski definition) is 5. The summed E-state index contributed by atoms with van der Waals surface area (Å²) in [4.78, 5) is 22.1. The van der Waals surface area contributed by atoms with E-state index in [1.807, 2.05) is 27.5 Å². The molecule has 1 amide bonds. The van der Waals surface area contributed by atoms with Crippen molar-refractivity contribution in [1.82, 2.24) is 24.5 Å². The molecule has 1 aromatic carbocycles. The Morgan fingerprint density at radius 2 is 1.86 bits per heavy atom. The lowest BCUT2D eigenvalue weighted by Crippen LogP contribution is -2.50. The summed E-state index contributed by atoms with van der Waals surface area (Å²) in [5.74, 6) is 1.73. The summed E-state index contributed by atoms with van der Waals surface area (Å²) in [7, 11) is 0. The Morgan fingerprint density at radius 1 is 1.10 bits per heavy atom. The van der Waals surface area contributed by atoms with Crippen LogP contribution in [0.4, 0.5) is 5.82 Å². The molecule has 0 N–H and O–H groups in total. The summed E-state index contributed by atoms with van der Waals surface area (Å²) in [5.41, 5.74) is 2.27. The van der Waals surface area contributed by atoms with Gasteiger partial charge >= 0.3 is 0 Å². The lowest BCUT2D eigenvalue weighted by molar-refractivity contribution is -0.133. The van der Waals surface area contributed by atoms with Crippen LogP contribution < -0.4 is 4.90 Å². The number of nitrogens with zero attached hydrogens (tertiary/aromatic N) is 6. The van der Waals surface area contributed by atoms with E-state index in [0.29, 0.717) is 18.9 Å². The number of rotatable bonds is 6. The van der Waals surface area contributed by atoms with E-state index in [1.165, 1.54) is 5.69 Å². The molecule has 0 aliphatic carbocycles. The number of carbonyl (C=O) groups is 1. The van der Waals surface area contributed by atoms with Gasteiger partial charge in [-0.25, -0.2) is 0 Å². The van der Waals surface area contributed by atoms with Crippen molar-refractivity contribution in [3.8, 4) is 0 Å². The van der Waals surface area contributed by atoms with Crippen LogP contribution >= 0.6 is 0 Å². The van der Waals surface area contributed by atoms with Gasteiger partial charge in [0.05, 0.1) is 5.92 Å². The van der Waals surface area contributed by atoms with Gasteiger partial charge in [-0.1, -0.05) is 50.6 Å². The van der Waals surface area contributed by atoms with Gasteiger partial charge in [-0.2, -0.15) is 4.98 Å². The number of aryl methyl sites for hydroxylation is 1. The summed E-state index contributed by atoms with van der Waals surface area (Å²) in [5, 5.41) is 8.14. The van der Waals surface area contributed by atoms with Gasteiger partial charge in [0.2, 0.25) is 5.91 Å². The molecule has 7 nitrogen and oxygen atoms in total. The standard InChI is InChI=1S/C22H28N6O/c1-3-8-18-15-20(24-22-25-23-16-28(18)22)26-11-13-27(14-12-26)21(29)19(4-2)17-9-6-5-7-10-17/h5-7,9-10,15-16,19H,3-4,8,11-14H2,1-2H3. The fourth-order valence-electron chi connectivity index (χ4n) is 4.09. The molecule has 1 unspecified atom stereocenters. The third-order valence-electron chi connectivity index (χ3n) is 5.68. The highest BCUT2D eigenvalue weighted by Crippen LogP contribution is 2.24. The minimum atomic E-state index is -0.0654. The first kappa shape index (κ1) is 19.4. The van der Waals surface area contributed by atoms with E-state index in [4.69, 9.17) is 0 Å². The average Bonchev–Trinajstić information content (AvgIpc) is 3.24. The first-order valence-electron chi connectivity index (χ1n) is 10.5. The topological polar surface area (TPSA) is 66.6 Å². The predicted octanol–water partition coefficient (Wildman–Crippen LogP) is 2.92. The summed E-state index contributed by atoms with van der Waals surface area (Å²) < 4.78 is 1.96. The van der Waals surface area contributed by atoms with Gasteiger partial charge in [0.1, 0.15) is 12.1 Å². The van der Waals surface area contributed by atoms with Crippen molar-refractivity contribution in [1.29, 1.82) is 0 Å². The Morgan fingerprint density at radius 3 is 2.55 bits per heavy atom. The fraction of sp³-hybridized carbons (Fsp3) is 0.455. The molecule has 152 valence electrons. The normalized spacial score (nSPS) is 15.7. The molecule has 7 heteroatoms. The van der Waals surface area contributed by atoms with Crippen molar-refractivity contribution in [3.63, 3.8) is 0 Å². The largest absolute Gasteiger partial charge is 0.353 e. The van der Waals surface area contributed by atoms with E-state index in [-0.39, 0.29) is 11.8 Å². The SMILES string of the molecule is CCCc1cc(N2CCN(C(=O)C(CC)c3ccccc3)CC2)nc2nncn12. The quantitative estimate of drug-likeness (QED) is 0.645. The number of carbonyl (C=O) groups excluding carboxylic acids is 1. The molecule has 3 aromatic rings. The van der Waals surface area contributed by atoms with Gasteiger partial charge in [0, 0.05) is 37.9 Å². The van der Waals surface area contributed by atoms with Crippen LogP contribution in [0, 0.1) is 0 Å². The fourth-order valence-corrected chi connectivity index (χ4v) is 4.09. The van der Waals surface area contributed by atoms with Crippen LogP contribution in [0.3, 0.4) is 0 Å². The second kappa shape index (κ2) is 8.59. The summed E-state index contributed by atoms with van der Waals surface area (Å²) in [6.45, 7) is 7.23. The second-order valence-corrected chi connectivity index (χ2v) is 7.54. The summed E-state index contributed by atoms with van der Waals surface area (Å²) in [6.07, 6.45) is 4.55. The lowest BCUT2D eigenvalue weighted by Gasteiger charge is -2.37. The van der Waals surface area contributed by atoms with Gasteiger partial charge in [0.25, 0.3) is 5.78 Å². The highest BCUT2D eigenvalue weighted by molar-refractivity contribution is 5.84.